The van der Waals surface area contributed by atoms with E-state index in [9.17, 15) is 4.79 Å². The van der Waals surface area contributed by atoms with Crippen LogP contribution in [0.2, 0.25) is 5.02 Å². The molecule has 29 heavy (non-hydrogen) atoms. The number of anilines is 4. The summed E-state index contributed by atoms with van der Waals surface area (Å²) < 4.78 is 0. The summed E-state index contributed by atoms with van der Waals surface area (Å²) in [6.07, 6.45) is 1.74. The third-order valence-electron chi connectivity index (χ3n) is 3.81. The molecule has 2 amide bonds. The van der Waals surface area contributed by atoms with Crippen molar-refractivity contribution in [3.8, 4) is 0 Å². The van der Waals surface area contributed by atoms with Gasteiger partial charge >= 0.3 is 6.03 Å². The zero-order valence-electron chi connectivity index (χ0n) is 16.2. The van der Waals surface area contributed by atoms with Gasteiger partial charge in [0.1, 0.15) is 23.3 Å². The van der Waals surface area contributed by atoms with Crippen molar-refractivity contribution in [1.82, 2.24) is 20.3 Å². The monoisotopic (exact) mass is 411 g/mol. The van der Waals surface area contributed by atoms with E-state index < -0.39 is 0 Å². The first-order valence-corrected chi connectivity index (χ1v) is 9.45. The second kappa shape index (κ2) is 9.70. The van der Waals surface area contributed by atoms with Gasteiger partial charge in [-0.3, -0.25) is 0 Å². The van der Waals surface area contributed by atoms with Crippen LogP contribution in [0.25, 0.3) is 0 Å². The van der Waals surface area contributed by atoms with Crippen LogP contribution in [0.3, 0.4) is 0 Å². The number of benzene rings is 1. The van der Waals surface area contributed by atoms with Gasteiger partial charge < -0.3 is 21.3 Å². The molecule has 0 atom stereocenters. The van der Waals surface area contributed by atoms with E-state index in [1.165, 1.54) is 0 Å². The van der Waals surface area contributed by atoms with Gasteiger partial charge in [0.05, 0.1) is 0 Å². The highest BCUT2D eigenvalue weighted by Gasteiger charge is 2.05. The summed E-state index contributed by atoms with van der Waals surface area (Å²) in [4.78, 5) is 25.0. The Balaban J connectivity index is 1.49. The second-order valence-electron chi connectivity index (χ2n) is 6.35. The maximum atomic E-state index is 11.9. The normalized spacial score (nSPS) is 10.3. The van der Waals surface area contributed by atoms with Crippen molar-refractivity contribution in [2.75, 3.05) is 29.0 Å². The summed E-state index contributed by atoms with van der Waals surface area (Å²) in [6.45, 7) is 4.73. The fraction of sp³-hybridized carbons (Fsp3) is 0.200. The maximum absolute atomic E-state index is 11.9. The van der Waals surface area contributed by atoms with Crippen molar-refractivity contribution in [2.45, 2.75) is 13.8 Å². The third kappa shape index (κ3) is 6.62. The van der Waals surface area contributed by atoms with Crippen LogP contribution in [0.1, 0.15) is 11.4 Å². The summed E-state index contributed by atoms with van der Waals surface area (Å²) in [6, 6.07) is 12.3. The molecule has 9 heteroatoms. The van der Waals surface area contributed by atoms with E-state index in [0.29, 0.717) is 47.1 Å². The number of halogens is 1. The Hall–Kier alpha value is -3.39. The fourth-order valence-electron chi connectivity index (χ4n) is 2.57. The molecule has 3 rings (SSSR count). The van der Waals surface area contributed by atoms with Gasteiger partial charge in [0.2, 0.25) is 0 Å². The van der Waals surface area contributed by atoms with E-state index in [1.54, 1.807) is 36.5 Å². The first-order chi connectivity index (χ1) is 14.0. The largest absolute Gasteiger partial charge is 0.368 e. The number of carbonyl (C=O) groups is 1. The minimum Gasteiger partial charge on any atom is -0.368 e. The highest BCUT2D eigenvalue weighted by Crippen LogP contribution is 2.16. The van der Waals surface area contributed by atoms with Crippen molar-refractivity contribution < 1.29 is 4.79 Å². The second-order valence-corrected chi connectivity index (χ2v) is 6.78. The SMILES string of the molecule is Cc1ccnc(Nc2cc(NCCNC(=O)Nc3cccc(Cl)c3)nc(C)n2)c1. The lowest BCUT2D eigenvalue weighted by Crippen LogP contribution is -2.32. The van der Waals surface area contributed by atoms with Crippen LogP contribution in [-0.2, 0) is 0 Å². The van der Waals surface area contributed by atoms with Gasteiger partial charge in [-0.15, -0.1) is 0 Å². The third-order valence-corrected chi connectivity index (χ3v) is 4.04. The van der Waals surface area contributed by atoms with Gasteiger partial charge in [-0.1, -0.05) is 17.7 Å². The Morgan fingerprint density at radius 1 is 1.00 bits per heavy atom. The number of nitrogens with zero attached hydrogens (tertiary/aromatic N) is 3. The molecule has 8 nitrogen and oxygen atoms in total. The zero-order valence-corrected chi connectivity index (χ0v) is 16.9. The van der Waals surface area contributed by atoms with Crippen molar-refractivity contribution in [1.29, 1.82) is 0 Å². The van der Waals surface area contributed by atoms with Gasteiger partial charge in [-0.05, 0) is 49.7 Å². The average molecular weight is 412 g/mol. The number of urea groups is 1. The molecular weight excluding hydrogens is 390 g/mol. The molecule has 0 aliphatic carbocycles. The number of rotatable bonds is 7. The predicted octanol–water partition coefficient (Wildman–Crippen LogP) is 4.12. The molecule has 0 saturated carbocycles. The molecule has 0 unspecified atom stereocenters. The topological polar surface area (TPSA) is 104 Å². The van der Waals surface area contributed by atoms with E-state index >= 15 is 0 Å². The lowest BCUT2D eigenvalue weighted by atomic mass is 10.3. The lowest BCUT2D eigenvalue weighted by Gasteiger charge is -2.11. The molecule has 0 spiro atoms. The molecule has 0 fully saturated rings. The Morgan fingerprint density at radius 3 is 2.62 bits per heavy atom. The van der Waals surface area contributed by atoms with Crippen LogP contribution >= 0.6 is 11.6 Å². The van der Waals surface area contributed by atoms with Gasteiger partial charge in [-0.25, -0.2) is 19.7 Å². The van der Waals surface area contributed by atoms with Crippen molar-refractivity contribution in [3.05, 3.63) is 65.1 Å². The zero-order chi connectivity index (χ0) is 20.6. The molecular formula is C20H22ClN7O. The summed E-state index contributed by atoms with van der Waals surface area (Å²) in [7, 11) is 0. The number of pyridine rings is 1. The standard InChI is InChI=1S/C20H22ClN7O/c1-13-6-7-22-17(10-13)28-19-12-18(25-14(2)26-19)23-8-9-24-20(29)27-16-5-3-4-15(21)11-16/h3-7,10-12H,8-9H2,1-2H3,(H2,24,27,29)(H2,22,23,25,26,28). The van der Waals surface area contributed by atoms with Crippen molar-refractivity contribution >= 4 is 40.8 Å². The molecule has 0 radical (unpaired) electrons. The van der Waals surface area contributed by atoms with Crippen LogP contribution in [0.15, 0.2) is 48.7 Å². The molecule has 3 aromatic rings. The van der Waals surface area contributed by atoms with Crippen molar-refractivity contribution in [2.24, 2.45) is 0 Å². The Kier molecular flexibility index (Phi) is 6.80. The number of hydrogen-bond donors (Lipinski definition) is 4. The number of carbonyl (C=O) groups excluding carboxylic acids is 1. The highest BCUT2D eigenvalue weighted by atomic mass is 35.5. The summed E-state index contributed by atoms with van der Waals surface area (Å²) >= 11 is 5.90. The number of aryl methyl sites for hydroxylation is 2. The number of amides is 2. The van der Waals surface area contributed by atoms with Crippen molar-refractivity contribution in [3.63, 3.8) is 0 Å². The van der Waals surface area contributed by atoms with E-state index in [1.807, 2.05) is 26.0 Å². The molecule has 2 heterocycles. The molecule has 0 aliphatic heterocycles. The fourth-order valence-corrected chi connectivity index (χ4v) is 2.76. The van der Waals surface area contributed by atoms with Crippen LogP contribution < -0.4 is 21.3 Å². The average Bonchev–Trinajstić information content (AvgIpc) is 2.65. The summed E-state index contributed by atoms with van der Waals surface area (Å²) in [5.74, 6) is 2.64. The minimum atomic E-state index is -0.305. The molecule has 1 aromatic carbocycles. The summed E-state index contributed by atoms with van der Waals surface area (Å²) in [5, 5.41) is 12.4. The van der Waals surface area contributed by atoms with Crippen LogP contribution in [0.5, 0.6) is 0 Å². The van der Waals surface area contributed by atoms with E-state index in [-0.39, 0.29) is 6.03 Å². The van der Waals surface area contributed by atoms with E-state index in [2.05, 4.69) is 36.2 Å². The molecule has 0 aliphatic rings. The minimum absolute atomic E-state index is 0.305. The number of aromatic nitrogens is 3. The Bertz CT molecular complexity index is 996. The van der Waals surface area contributed by atoms with Gasteiger partial charge in [0.15, 0.2) is 0 Å². The first kappa shape index (κ1) is 20.3. The molecule has 0 saturated heterocycles. The van der Waals surface area contributed by atoms with Gasteiger partial charge in [-0.2, -0.15) is 0 Å². The Labute approximate surface area is 174 Å². The first-order valence-electron chi connectivity index (χ1n) is 9.07. The van der Waals surface area contributed by atoms with Gasteiger partial charge in [0.25, 0.3) is 0 Å². The van der Waals surface area contributed by atoms with Crippen LogP contribution in [0.4, 0.5) is 27.9 Å². The molecule has 0 bridgehead atoms. The highest BCUT2D eigenvalue weighted by molar-refractivity contribution is 6.30. The number of nitrogens with one attached hydrogen (secondary N) is 4. The molecule has 150 valence electrons. The lowest BCUT2D eigenvalue weighted by molar-refractivity contribution is 0.252. The Morgan fingerprint density at radius 2 is 1.83 bits per heavy atom. The molecule has 4 N–H and O–H groups in total. The van der Waals surface area contributed by atoms with Crippen LogP contribution in [-0.4, -0.2) is 34.1 Å². The number of hydrogen-bond acceptors (Lipinski definition) is 6. The van der Waals surface area contributed by atoms with E-state index in [0.717, 1.165) is 5.56 Å². The predicted molar refractivity (Wildman–Crippen MR) is 116 cm³/mol. The summed E-state index contributed by atoms with van der Waals surface area (Å²) in [5.41, 5.74) is 1.74. The smallest absolute Gasteiger partial charge is 0.319 e. The quantitative estimate of drug-likeness (QED) is 0.436. The van der Waals surface area contributed by atoms with E-state index in [4.69, 9.17) is 11.6 Å². The maximum Gasteiger partial charge on any atom is 0.319 e. The van der Waals surface area contributed by atoms with Crippen LogP contribution in [0, 0.1) is 13.8 Å². The molecule has 2 aromatic heterocycles. The van der Waals surface area contributed by atoms with Gasteiger partial charge in [0, 0.05) is 36.1 Å².